The van der Waals surface area contributed by atoms with Gasteiger partial charge in [0.05, 0.1) is 17.7 Å². The Hall–Kier alpha value is -1.75. The summed E-state index contributed by atoms with van der Waals surface area (Å²) in [6.07, 6.45) is 0.107. The fraction of sp³-hybridized carbons (Fsp3) is 0.308. The zero-order valence-electron chi connectivity index (χ0n) is 10.6. The molecule has 0 saturated heterocycles. The molecule has 0 radical (unpaired) electrons. The van der Waals surface area contributed by atoms with Crippen molar-refractivity contribution in [2.45, 2.75) is 20.3 Å². The zero-order valence-corrected chi connectivity index (χ0v) is 11.4. The summed E-state index contributed by atoms with van der Waals surface area (Å²) < 4.78 is 4.63. The number of esters is 1. The van der Waals surface area contributed by atoms with Crippen LogP contribution < -0.4 is 0 Å². The fourth-order valence-corrected chi connectivity index (χ4v) is 2.55. The van der Waals surface area contributed by atoms with Crippen LogP contribution in [0.5, 0.6) is 0 Å². The number of rotatable bonds is 3. The van der Waals surface area contributed by atoms with Crippen LogP contribution in [0, 0.1) is 13.8 Å². The first-order chi connectivity index (χ1) is 8.60. The van der Waals surface area contributed by atoms with Gasteiger partial charge in [0.2, 0.25) is 0 Å². The Kier molecular flexibility index (Phi) is 3.72. The third-order valence-electron chi connectivity index (χ3n) is 2.53. The molecule has 0 saturated carbocycles. The highest BCUT2D eigenvalue weighted by molar-refractivity contribution is 7.13. The fourth-order valence-electron chi connectivity index (χ4n) is 1.66. The van der Waals surface area contributed by atoms with Crippen LogP contribution in [0.4, 0.5) is 0 Å². The standard InChI is InChI=1S/C13H14N2O2S/c1-8-4-5-18-13(8)10-6-9(2)14-11(15-10)7-12(16)17-3/h4-6H,7H2,1-3H3. The highest BCUT2D eigenvalue weighted by atomic mass is 32.1. The molecule has 18 heavy (non-hydrogen) atoms. The first-order valence-electron chi connectivity index (χ1n) is 5.56. The second kappa shape index (κ2) is 5.27. The average molecular weight is 262 g/mol. The van der Waals surface area contributed by atoms with Gasteiger partial charge in [0.25, 0.3) is 0 Å². The number of hydrogen-bond acceptors (Lipinski definition) is 5. The van der Waals surface area contributed by atoms with E-state index in [9.17, 15) is 4.79 Å². The number of methoxy groups -OCH3 is 1. The second-order valence-electron chi connectivity index (χ2n) is 4.00. The number of carbonyl (C=O) groups excluding carboxylic acids is 1. The summed E-state index contributed by atoms with van der Waals surface area (Å²) in [5.41, 5.74) is 2.91. The maximum atomic E-state index is 11.3. The van der Waals surface area contributed by atoms with Crippen LogP contribution in [-0.4, -0.2) is 23.0 Å². The van der Waals surface area contributed by atoms with Gasteiger partial charge in [-0.3, -0.25) is 4.79 Å². The monoisotopic (exact) mass is 262 g/mol. The average Bonchev–Trinajstić information content (AvgIpc) is 2.74. The molecule has 2 aromatic heterocycles. The molecule has 0 aromatic carbocycles. The summed E-state index contributed by atoms with van der Waals surface area (Å²) in [4.78, 5) is 21.1. The zero-order chi connectivity index (χ0) is 13.1. The van der Waals surface area contributed by atoms with Crippen molar-refractivity contribution in [1.82, 2.24) is 9.97 Å². The van der Waals surface area contributed by atoms with Gasteiger partial charge in [-0.1, -0.05) is 0 Å². The molecule has 4 nitrogen and oxygen atoms in total. The lowest BCUT2D eigenvalue weighted by molar-refractivity contribution is -0.139. The number of aromatic nitrogens is 2. The van der Waals surface area contributed by atoms with E-state index in [1.807, 2.05) is 25.3 Å². The van der Waals surface area contributed by atoms with Crippen molar-refractivity contribution in [1.29, 1.82) is 0 Å². The predicted molar refractivity (Wildman–Crippen MR) is 70.5 cm³/mol. The molecule has 0 N–H and O–H groups in total. The van der Waals surface area contributed by atoms with E-state index in [1.165, 1.54) is 12.7 Å². The molecule has 2 rings (SSSR count). The SMILES string of the molecule is COC(=O)Cc1nc(C)cc(-c2sccc2C)n1. The van der Waals surface area contributed by atoms with E-state index >= 15 is 0 Å². The minimum absolute atomic E-state index is 0.107. The molecule has 0 amide bonds. The quantitative estimate of drug-likeness (QED) is 0.798. The Morgan fingerprint density at radius 1 is 1.39 bits per heavy atom. The minimum atomic E-state index is -0.325. The Bertz CT molecular complexity index is 578. The Morgan fingerprint density at radius 2 is 2.17 bits per heavy atom. The van der Waals surface area contributed by atoms with Crippen molar-refractivity contribution < 1.29 is 9.53 Å². The molecule has 0 fully saturated rings. The second-order valence-corrected chi connectivity index (χ2v) is 4.91. The summed E-state index contributed by atoms with van der Waals surface area (Å²) in [6.45, 7) is 3.94. The maximum absolute atomic E-state index is 11.3. The minimum Gasteiger partial charge on any atom is -0.469 e. The first-order valence-corrected chi connectivity index (χ1v) is 6.44. The Balaban J connectivity index is 2.38. The van der Waals surface area contributed by atoms with Crippen molar-refractivity contribution >= 4 is 17.3 Å². The Morgan fingerprint density at radius 3 is 2.78 bits per heavy atom. The highest BCUT2D eigenvalue weighted by Gasteiger charge is 2.11. The number of hydrogen-bond donors (Lipinski definition) is 0. The molecule has 2 heterocycles. The van der Waals surface area contributed by atoms with E-state index in [2.05, 4.69) is 20.8 Å². The number of aryl methyl sites for hydroxylation is 2. The molecule has 0 spiro atoms. The summed E-state index contributed by atoms with van der Waals surface area (Å²) >= 11 is 1.64. The van der Waals surface area contributed by atoms with E-state index in [0.717, 1.165) is 16.3 Å². The maximum Gasteiger partial charge on any atom is 0.313 e. The van der Waals surface area contributed by atoms with Gasteiger partial charge in [-0.2, -0.15) is 0 Å². The van der Waals surface area contributed by atoms with Gasteiger partial charge in [0.1, 0.15) is 12.2 Å². The molecule has 0 atom stereocenters. The normalized spacial score (nSPS) is 10.4. The number of thiophene rings is 1. The molecule has 0 aliphatic rings. The van der Waals surface area contributed by atoms with Crippen molar-refractivity contribution in [2.24, 2.45) is 0 Å². The highest BCUT2D eigenvalue weighted by Crippen LogP contribution is 2.27. The summed E-state index contributed by atoms with van der Waals surface area (Å²) in [5.74, 6) is 0.180. The van der Waals surface area contributed by atoms with E-state index in [0.29, 0.717) is 5.82 Å². The molecule has 0 bridgehead atoms. The van der Waals surface area contributed by atoms with Gasteiger partial charge in [-0.05, 0) is 36.9 Å². The molecule has 5 heteroatoms. The van der Waals surface area contributed by atoms with Crippen LogP contribution in [0.3, 0.4) is 0 Å². The molecular weight excluding hydrogens is 248 g/mol. The smallest absolute Gasteiger partial charge is 0.313 e. The van der Waals surface area contributed by atoms with E-state index in [4.69, 9.17) is 0 Å². The lowest BCUT2D eigenvalue weighted by Crippen LogP contribution is -2.09. The summed E-state index contributed by atoms with van der Waals surface area (Å²) in [6, 6.07) is 3.98. The topological polar surface area (TPSA) is 52.1 Å². The van der Waals surface area contributed by atoms with Crippen LogP contribution in [0.25, 0.3) is 10.6 Å². The molecule has 0 unspecified atom stereocenters. The van der Waals surface area contributed by atoms with Crippen molar-refractivity contribution in [3.05, 3.63) is 34.6 Å². The molecule has 94 valence electrons. The van der Waals surface area contributed by atoms with Crippen molar-refractivity contribution in [3.8, 4) is 10.6 Å². The van der Waals surface area contributed by atoms with Crippen LogP contribution in [0.2, 0.25) is 0 Å². The lowest BCUT2D eigenvalue weighted by atomic mass is 10.2. The van der Waals surface area contributed by atoms with Crippen LogP contribution in [0.15, 0.2) is 17.5 Å². The summed E-state index contributed by atoms with van der Waals surface area (Å²) in [7, 11) is 1.36. The van der Waals surface area contributed by atoms with Crippen molar-refractivity contribution in [3.63, 3.8) is 0 Å². The molecule has 2 aromatic rings. The van der Waals surface area contributed by atoms with Crippen LogP contribution >= 0.6 is 11.3 Å². The lowest BCUT2D eigenvalue weighted by Gasteiger charge is -2.05. The van der Waals surface area contributed by atoms with E-state index < -0.39 is 0 Å². The van der Waals surface area contributed by atoms with Gasteiger partial charge in [0, 0.05) is 5.69 Å². The number of nitrogens with zero attached hydrogens (tertiary/aromatic N) is 2. The molecule has 0 aliphatic carbocycles. The van der Waals surface area contributed by atoms with Gasteiger partial charge in [-0.25, -0.2) is 9.97 Å². The van der Waals surface area contributed by atoms with E-state index in [-0.39, 0.29) is 12.4 Å². The van der Waals surface area contributed by atoms with Gasteiger partial charge in [-0.15, -0.1) is 11.3 Å². The first kappa shape index (κ1) is 12.7. The molecular formula is C13H14N2O2S. The van der Waals surface area contributed by atoms with E-state index in [1.54, 1.807) is 11.3 Å². The number of carbonyl (C=O) groups is 1. The van der Waals surface area contributed by atoms with Crippen LogP contribution in [-0.2, 0) is 16.0 Å². The number of ether oxygens (including phenoxy) is 1. The summed E-state index contributed by atoms with van der Waals surface area (Å²) in [5, 5.41) is 2.03. The third kappa shape index (κ3) is 2.73. The predicted octanol–water partition coefficient (Wildman–Crippen LogP) is 2.54. The largest absolute Gasteiger partial charge is 0.469 e. The molecule has 0 aliphatic heterocycles. The van der Waals surface area contributed by atoms with Gasteiger partial charge in [0.15, 0.2) is 0 Å². The van der Waals surface area contributed by atoms with Gasteiger partial charge < -0.3 is 4.74 Å². The van der Waals surface area contributed by atoms with Crippen molar-refractivity contribution in [2.75, 3.05) is 7.11 Å². The van der Waals surface area contributed by atoms with Crippen LogP contribution in [0.1, 0.15) is 17.1 Å². The third-order valence-corrected chi connectivity index (χ3v) is 3.56. The Labute approximate surface area is 110 Å². The van der Waals surface area contributed by atoms with Gasteiger partial charge >= 0.3 is 5.97 Å².